The van der Waals surface area contributed by atoms with Crippen LogP contribution in [0.25, 0.3) is 0 Å². The normalized spacial score (nSPS) is 10.4. The van der Waals surface area contributed by atoms with E-state index in [1.807, 2.05) is 0 Å². The van der Waals surface area contributed by atoms with E-state index in [1.54, 1.807) is 67.8 Å². The van der Waals surface area contributed by atoms with Gasteiger partial charge in [-0.15, -0.1) is 0 Å². The van der Waals surface area contributed by atoms with Crippen molar-refractivity contribution >= 4 is 23.7 Å². The number of amides is 2. The predicted molar refractivity (Wildman–Crippen MR) is 113 cm³/mol. The van der Waals surface area contributed by atoms with Crippen molar-refractivity contribution in [3.05, 3.63) is 84.2 Å². The molecular formula is C22H20N4O4. The average molecular weight is 404 g/mol. The number of hydrogen-bond donors (Lipinski definition) is 2. The van der Waals surface area contributed by atoms with Gasteiger partial charge in [0.05, 0.1) is 13.3 Å². The van der Waals surface area contributed by atoms with Gasteiger partial charge in [0.25, 0.3) is 11.8 Å². The van der Waals surface area contributed by atoms with Crippen molar-refractivity contribution in [3.63, 3.8) is 0 Å². The summed E-state index contributed by atoms with van der Waals surface area (Å²) in [5, 5.41) is 6.66. The zero-order chi connectivity index (χ0) is 21.2. The quantitative estimate of drug-likeness (QED) is 0.444. The van der Waals surface area contributed by atoms with Crippen LogP contribution in [0.2, 0.25) is 0 Å². The minimum absolute atomic E-state index is 0.124. The molecule has 8 nitrogen and oxygen atoms in total. The lowest BCUT2D eigenvalue weighted by atomic mass is 10.2. The van der Waals surface area contributed by atoms with Crippen LogP contribution in [0.3, 0.4) is 0 Å². The van der Waals surface area contributed by atoms with Gasteiger partial charge in [-0.2, -0.15) is 5.10 Å². The fraction of sp³-hybridized carbons (Fsp3) is 0.0909. The molecule has 1 aromatic heterocycles. The standard InChI is InChI=1S/C22H20N4O4/c1-29-19-8-4-18(5-9-19)25-21(27)15-30-20-6-2-16(3-7-20)14-24-26-22(28)17-10-12-23-13-11-17/h2-14H,15H2,1H3,(H,25,27)(H,26,28)/b24-14+. The number of nitrogens with zero attached hydrogens (tertiary/aromatic N) is 2. The molecule has 0 radical (unpaired) electrons. The number of benzene rings is 2. The number of pyridine rings is 1. The number of aromatic nitrogens is 1. The molecule has 2 aromatic carbocycles. The molecule has 0 aliphatic carbocycles. The summed E-state index contributed by atoms with van der Waals surface area (Å²) in [4.78, 5) is 27.7. The van der Waals surface area contributed by atoms with Gasteiger partial charge in [-0.25, -0.2) is 5.43 Å². The Balaban J connectivity index is 1.44. The maximum absolute atomic E-state index is 12.0. The van der Waals surface area contributed by atoms with Gasteiger partial charge < -0.3 is 14.8 Å². The monoisotopic (exact) mass is 404 g/mol. The fourth-order valence-electron chi connectivity index (χ4n) is 2.40. The lowest BCUT2D eigenvalue weighted by Crippen LogP contribution is -2.20. The molecule has 0 spiro atoms. The van der Waals surface area contributed by atoms with Crippen LogP contribution < -0.4 is 20.2 Å². The van der Waals surface area contributed by atoms with E-state index >= 15 is 0 Å². The molecule has 2 amide bonds. The lowest BCUT2D eigenvalue weighted by molar-refractivity contribution is -0.118. The van der Waals surface area contributed by atoms with Gasteiger partial charge in [0.15, 0.2) is 6.61 Å². The first kappa shape index (κ1) is 20.5. The van der Waals surface area contributed by atoms with Crippen LogP contribution in [0.1, 0.15) is 15.9 Å². The number of carbonyl (C=O) groups is 2. The molecule has 3 aromatic rings. The van der Waals surface area contributed by atoms with Crippen LogP contribution in [-0.2, 0) is 4.79 Å². The second-order valence-electron chi connectivity index (χ2n) is 6.07. The Bertz CT molecular complexity index is 1000. The molecule has 0 saturated heterocycles. The van der Waals surface area contributed by atoms with E-state index in [2.05, 4.69) is 20.8 Å². The third kappa shape index (κ3) is 6.16. The van der Waals surface area contributed by atoms with Crippen molar-refractivity contribution in [3.8, 4) is 11.5 Å². The molecule has 2 N–H and O–H groups in total. The molecule has 0 unspecified atom stereocenters. The molecule has 0 aliphatic heterocycles. The summed E-state index contributed by atoms with van der Waals surface area (Å²) >= 11 is 0. The summed E-state index contributed by atoms with van der Waals surface area (Å²) in [6.45, 7) is -0.124. The van der Waals surface area contributed by atoms with Gasteiger partial charge >= 0.3 is 0 Å². The first-order chi connectivity index (χ1) is 14.6. The van der Waals surface area contributed by atoms with Gasteiger partial charge in [-0.05, 0) is 66.2 Å². The zero-order valence-electron chi connectivity index (χ0n) is 16.2. The second kappa shape index (κ2) is 10.4. The Morgan fingerprint density at radius 2 is 1.63 bits per heavy atom. The predicted octanol–water partition coefficient (Wildman–Crippen LogP) is 2.87. The van der Waals surface area contributed by atoms with Crippen LogP contribution in [-0.4, -0.2) is 36.7 Å². The number of methoxy groups -OCH3 is 1. The summed E-state index contributed by atoms with van der Waals surface area (Å²) in [5.74, 6) is 0.656. The Morgan fingerprint density at radius 1 is 0.967 bits per heavy atom. The number of hydrogen-bond acceptors (Lipinski definition) is 6. The number of nitrogens with one attached hydrogen (secondary N) is 2. The average Bonchev–Trinajstić information content (AvgIpc) is 2.79. The number of ether oxygens (including phenoxy) is 2. The molecule has 152 valence electrons. The molecule has 0 aliphatic rings. The third-order valence-corrected chi connectivity index (χ3v) is 3.95. The Hall–Kier alpha value is -4.20. The van der Waals surface area contributed by atoms with Crippen LogP contribution in [0, 0.1) is 0 Å². The molecule has 0 bridgehead atoms. The van der Waals surface area contributed by atoms with Crippen molar-refractivity contribution < 1.29 is 19.1 Å². The maximum Gasteiger partial charge on any atom is 0.271 e. The summed E-state index contributed by atoms with van der Waals surface area (Å²) in [5.41, 5.74) is 4.34. The van der Waals surface area contributed by atoms with Gasteiger partial charge in [0.2, 0.25) is 0 Å². The van der Waals surface area contributed by atoms with E-state index in [4.69, 9.17) is 9.47 Å². The van der Waals surface area contributed by atoms with Gasteiger partial charge in [-0.3, -0.25) is 14.6 Å². The number of carbonyl (C=O) groups excluding carboxylic acids is 2. The number of anilines is 1. The first-order valence-electron chi connectivity index (χ1n) is 9.04. The SMILES string of the molecule is COc1ccc(NC(=O)COc2ccc(/C=N/NC(=O)c3ccncc3)cc2)cc1. The smallest absolute Gasteiger partial charge is 0.271 e. The highest BCUT2D eigenvalue weighted by Gasteiger charge is 2.05. The Morgan fingerprint density at radius 3 is 2.30 bits per heavy atom. The van der Waals surface area contributed by atoms with E-state index in [0.717, 1.165) is 5.56 Å². The fourth-order valence-corrected chi connectivity index (χ4v) is 2.40. The highest BCUT2D eigenvalue weighted by molar-refractivity contribution is 5.94. The summed E-state index contributed by atoms with van der Waals surface area (Å²) < 4.78 is 10.6. The van der Waals surface area contributed by atoms with Crippen molar-refractivity contribution in [2.75, 3.05) is 19.0 Å². The Labute approximate surface area is 173 Å². The highest BCUT2D eigenvalue weighted by Crippen LogP contribution is 2.15. The highest BCUT2D eigenvalue weighted by atomic mass is 16.5. The van der Waals surface area contributed by atoms with E-state index < -0.39 is 0 Å². The number of hydrazone groups is 1. The summed E-state index contributed by atoms with van der Waals surface area (Å²) in [7, 11) is 1.58. The first-order valence-corrected chi connectivity index (χ1v) is 9.04. The molecule has 0 saturated carbocycles. The molecule has 8 heteroatoms. The number of rotatable bonds is 8. The van der Waals surface area contributed by atoms with Crippen LogP contribution >= 0.6 is 0 Å². The topological polar surface area (TPSA) is 102 Å². The minimum Gasteiger partial charge on any atom is -0.497 e. The Kier molecular flexibility index (Phi) is 7.10. The van der Waals surface area contributed by atoms with Crippen molar-refractivity contribution in [1.29, 1.82) is 0 Å². The van der Waals surface area contributed by atoms with Gasteiger partial charge in [0.1, 0.15) is 11.5 Å². The second-order valence-corrected chi connectivity index (χ2v) is 6.07. The van der Waals surface area contributed by atoms with Gasteiger partial charge in [-0.1, -0.05) is 0 Å². The van der Waals surface area contributed by atoms with E-state index in [9.17, 15) is 9.59 Å². The molecule has 3 rings (SSSR count). The van der Waals surface area contributed by atoms with E-state index in [0.29, 0.717) is 22.7 Å². The summed E-state index contributed by atoms with van der Waals surface area (Å²) in [6.07, 6.45) is 4.59. The summed E-state index contributed by atoms with van der Waals surface area (Å²) in [6, 6.07) is 17.2. The molecule has 0 fully saturated rings. The molecular weight excluding hydrogens is 384 g/mol. The maximum atomic E-state index is 12.0. The van der Waals surface area contributed by atoms with Crippen LogP contribution in [0.5, 0.6) is 11.5 Å². The van der Waals surface area contributed by atoms with E-state index in [1.165, 1.54) is 18.6 Å². The third-order valence-electron chi connectivity index (χ3n) is 3.95. The van der Waals surface area contributed by atoms with Crippen molar-refractivity contribution in [2.24, 2.45) is 5.10 Å². The molecule has 30 heavy (non-hydrogen) atoms. The van der Waals surface area contributed by atoms with E-state index in [-0.39, 0.29) is 18.4 Å². The zero-order valence-corrected chi connectivity index (χ0v) is 16.2. The minimum atomic E-state index is -0.323. The van der Waals surface area contributed by atoms with Crippen LogP contribution in [0.4, 0.5) is 5.69 Å². The van der Waals surface area contributed by atoms with Crippen LogP contribution in [0.15, 0.2) is 78.2 Å². The lowest BCUT2D eigenvalue weighted by Gasteiger charge is -2.08. The van der Waals surface area contributed by atoms with Crippen molar-refractivity contribution in [1.82, 2.24) is 10.4 Å². The molecule has 0 atom stereocenters. The molecule has 1 heterocycles. The van der Waals surface area contributed by atoms with Gasteiger partial charge in [0, 0.05) is 23.6 Å². The largest absolute Gasteiger partial charge is 0.497 e. The van der Waals surface area contributed by atoms with Crippen molar-refractivity contribution in [2.45, 2.75) is 0 Å².